The SMILES string of the molecule is COc1cccc(NC(=O)N2CCN3CC(=O)Nc4cc(-c5ccccc5)ccc4OC[C@@H]3C2)c1. The minimum atomic E-state index is -0.185. The van der Waals surface area contributed by atoms with E-state index in [1.165, 1.54) is 0 Å². The molecule has 8 nitrogen and oxygen atoms in total. The van der Waals surface area contributed by atoms with E-state index in [1.807, 2.05) is 66.7 Å². The lowest BCUT2D eigenvalue weighted by atomic mass is 10.0. The zero-order valence-corrected chi connectivity index (χ0v) is 19.6. The molecule has 3 aromatic rings. The van der Waals surface area contributed by atoms with Crippen molar-refractivity contribution in [2.24, 2.45) is 0 Å². The fourth-order valence-electron chi connectivity index (χ4n) is 4.47. The monoisotopic (exact) mass is 472 g/mol. The van der Waals surface area contributed by atoms with E-state index >= 15 is 0 Å². The number of nitrogens with one attached hydrogen (secondary N) is 2. The summed E-state index contributed by atoms with van der Waals surface area (Å²) < 4.78 is 11.4. The van der Waals surface area contributed by atoms with E-state index in [0.717, 1.165) is 11.1 Å². The van der Waals surface area contributed by atoms with Crippen LogP contribution in [0.1, 0.15) is 0 Å². The lowest BCUT2D eigenvalue weighted by molar-refractivity contribution is -0.118. The van der Waals surface area contributed by atoms with Crippen molar-refractivity contribution in [1.29, 1.82) is 0 Å². The molecule has 2 N–H and O–H groups in total. The van der Waals surface area contributed by atoms with Gasteiger partial charge in [0, 0.05) is 31.4 Å². The van der Waals surface area contributed by atoms with Crippen LogP contribution in [0.4, 0.5) is 16.2 Å². The molecular formula is C27H28N4O4. The first-order chi connectivity index (χ1) is 17.1. The van der Waals surface area contributed by atoms with Crippen LogP contribution in [0.15, 0.2) is 72.8 Å². The highest BCUT2D eigenvalue weighted by Crippen LogP contribution is 2.32. The van der Waals surface area contributed by atoms with Crippen molar-refractivity contribution in [2.45, 2.75) is 6.04 Å². The molecule has 8 heteroatoms. The molecule has 3 aromatic carbocycles. The molecule has 1 fully saturated rings. The van der Waals surface area contributed by atoms with Gasteiger partial charge >= 0.3 is 6.03 Å². The summed E-state index contributed by atoms with van der Waals surface area (Å²) in [7, 11) is 1.59. The van der Waals surface area contributed by atoms with Gasteiger partial charge in [-0.25, -0.2) is 4.79 Å². The van der Waals surface area contributed by atoms with E-state index < -0.39 is 0 Å². The van der Waals surface area contributed by atoms with E-state index in [1.54, 1.807) is 18.1 Å². The summed E-state index contributed by atoms with van der Waals surface area (Å²) in [6.07, 6.45) is 0. The lowest BCUT2D eigenvalue weighted by Gasteiger charge is -2.40. The number of rotatable bonds is 3. The molecule has 5 rings (SSSR count). The number of carbonyl (C=O) groups excluding carboxylic acids is 2. The number of carbonyl (C=O) groups is 2. The Balaban J connectivity index is 1.30. The van der Waals surface area contributed by atoms with Crippen LogP contribution in [-0.2, 0) is 4.79 Å². The zero-order chi connectivity index (χ0) is 24.2. The Kier molecular flexibility index (Phi) is 6.54. The molecule has 2 aliphatic heterocycles. The fourth-order valence-corrected chi connectivity index (χ4v) is 4.47. The maximum atomic E-state index is 12.9. The summed E-state index contributed by atoms with van der Waals surface area (Å²) in [4.78, 5) is 29.6. The Morgan fingerprint density at radius 3 is 2.71 bits per heavy atom. The average molecular weight is 473 g/mol. The van der Waals surface area contributed by atoms with E-state index in [9.17, 15) is 9.59 Å². The Morgan fingerprint density at radius 1 is 1.03 bits per heavy atom. The van der Waals surface area contributed by atoms with Crippen LogP contribution in [0.3, 0.4) is 0 Å². The van der Waals surface area contributed by atoms with Crippen LogP contribution < -0.4 is 20.1 Å². The van der Waals surface area contributed by atoms with Gasteiger partial charge in [0.25, 0.3) is 0 Å². The summed E-state index contributed by atoms with van der Waals surface area (Å²) in [6.45, 7) is 2.17. The number of nitrogens with zero attached hydrogens (tertiary/aromatic N) is 2. The number of amides is 3. The number of methoxy groups -OCH3 is 1. The quantitative estimate of drug-likeness (QED) is 0.604. The van der Waals surface area contributed by atoms with Crippen molar-refractivity contribution >= 4 is 23.3 Å². The first-order valence-corrected chi connectivity index (χ1v) is 11.7. The second kappa shape index (κ2) is 10.1. The van der Waals surface area contributed by atoms with Crippen LogP contribution in [0.25, 0.3) is 11.1 Å². The van der Waals surface area contributed by atoms with Crippen molar-refractivity contribution in [3.8, 4) is 22.6 Å². The predicted octanol–water partition coefficient (Wildman–Crippen LogP) is 3.91. The fraction of sp³-hybridized carbons (Fsp3) is 0.259. The molecule has 180 valence electrons. The summed E-state index contributed by atoms with van der Waals surface area (Å²) in [5, 5.41) is 5.95. The second-order valence-corrected chi connectivity index (χ2v) is 8.67. The van der Waals surface area contributed by atoms with Gasteiger partial charge in [0.2, 0.25) is 5.91 Å². The van der Waals surface area contributed by atoms with Crippen LogP contribution in [0.2, 0.25) is 0 Å². The van der Waals surface area contributed by atoms with Gasteiger partial charge < -0.3 is 25.0 Å². The third kappa shape index (κ3) is 5.22. The molecule has 0 aliphatic carbocycles. The molecule has 35 heavy (non-hydrogen) atoms. The molecule has 1 atom stereocenters. The number of piperazine rings is 1. The van der Waals surface area contributed by atoms with Crippen LogP contribution >= 0.6 is 0 Å². The standard InChI is InChI=1S/C27H28N4O4/c1-34-23-9-5-8-21(15-23)28-27(33)31-13-12-30-17-26(32)29-24-14-20(19-6-3-2-4-7-19)10-11-25(24)35-18-22(30)16-31/h2-11,14-15,22H,12-13,16-18H2,1H3,(H,28,33)(H,29,32)/t22-/m0/s1. The summed E-state index contributed by atoms with van der Waals surface area (Å²) >= 11 is 0. The molecule has 1 saturated heterocycles. The van der Waals surface area contributed by atoms with E-state index in [0.29, 0.717) is 49.1 Å². The molecule has 2 heterocycles. The predicted molar refractivity (Wildman–Crippen MR) is 135 cm³/mol. The minimum Gasteiger partial charge on any atom is -0.497 e. The highest BCUT2D eigenvalue weighted by Gasteiger charge is 2.32. The molecule has 0 spiro atoms. The van der Waals surface area contributed by atoms with E-state index in [4.69, 9.17) is 9.47 Å². The third-order valence-electron chi connectivity index (χ3n) is 6.35. The normalized spacial score (nSPS) is 18.0. The smallest absolute Gasteiger partial charge is 0.321 e. The first-order valence-electron chi connectivity index (χ1n) is 11.7. The van der Waals surface area contributed by atoms with Crippen LogP contribution in [0, 0.1) is 0 Å². The summed E-state index contributed by atoms with van der Waals surface area (Å²) in [6, 6.07) is 22.8. The zero-order valence-electron chi connectivity index (χ0n) is 19.6. The number of ether oxygens (including phenoxy) is 2. The van der Waals surface area contributed by atoms with Gasteiger partial charge in [-0.1, -0.05) is 42.5 Å². The van der Waals surface area contributed by atoms with Gasteiger partial charge in [-0.2, -0.15) is 0 Å². The Bertz CT molecular complexity index is 1220. The molecule has 0 aromatic heterocycles. The van der Waals surface area contributed by atoms with Gasteiger partial charge in [0.1, 0.15) is 18.1 Å². The number of urea groups is 1. The van der Waals surface area contributed by atoms with Gasteiger partial charge in [0.05, 0.1) is 25.4 Å². The highest BCUT2D eigenvalue weighted by molar-refractivity contribution is 5.95. The number of hydrogen-bond donors (Lipinski definition) is 2. The first kappa shape index (κ1) is 22.7. The molecule has 0 saturated carbocycles. The van der Waals surface area contributed by atoms with Gasteiger partial charge in [0.15, 0.2) is 0 Å². The Labute approximate surface area is 204 Å². The van der Waals surface area contributed by atoms with Crippen molar-refractivity contribution in [2.75, 3.05) is 50.5 Å². The maximum absolute atomic E-state index is 12.9. The number of hydrogen-bond acceptors (Lipinski definition) is 5. The molecule has 3 amide bonds. The van der Waals surface area contributed by atoms with Gasteiger partial charge in [-0.05, 0) is 35.4 Å². The summed E-state index contributed by atoms with van der Waals surface area (Å²) in [5.41, 5.74) is 3.40. The number of benzene rings is 3. The molecular weight excluding hydrogens is 444 g/mol. The van der Waals surface area contributed by atoms with E-state index in [2.05, 4.69) is 15.5 Å². The second-order valence-electron chi connectivity index (χ2n) is 8.67. The van der Waals surface area contributed by atoms with Crippen LogP contribution in [-0.4, -0.2) is 67.7 Å². The highest BCUT2D eigenvalue weighted by atomic mass is 16.5. The topological polar surface area (TPSA) is 83.1 Å². The average Bonchev–Trinajstić information content (AvgIpc) is 2.95. The van der Waals surface area contributed by atoms with Crippen LogP contribution in [0.5, 0.6) is 11.5 Å². The van der Waals surface area contributed by atoms with Gasteiger partial charge in [-0.15, -0.1) is 0 Å². The minimum absolute atomic E-state index is 0.0961. The maximum Gasteiger partial charge on any atom is 0.321 e. The third-order valence-corrected chi connectivity index (χ3v) is 6.35. The molecule has 0 bridgehead atoms. The molecule has 2 aliphatic rings. The largest absolute Gasteiger partial charge is 0.497 e. The number of anilines is 2. The van der Waals surface area contributed by atoms with Gasteiger partial charge in [-0.3, -0.25) is 9.69 Å². The molecule has 0 radical (unpaired) electrons. The molecule has 0 unspecified atom stereocenters. The lowest BCUT2D eigenvalue weighted by Crippen LogP contribution is -2.58. The number of fused-ring (bicyclic) bond motifs is 2. The Hall–Kier alpha value is -4.04. The summed E-state index contributed by atoms with van der Waals surface area (Å²) in [5.74, 6) is 1.21. The van der Waals surface area contributed by atoms with Crippen molar-refractivity contribution in [3.05, 3.63) is 72.8 Å². The van der Waals surface area contributed by atoms with E-state index in [-0.39, 0.29) is 24.5 Å². The van der Waals surface area contributed by atoms with Crippen molar-refractivity contribution in [3.63, 3.8) is 0 Å². The van der Waals surface area contributed by atoms with Crippen molar-refractivity contribution in [1.82, 2.24) is 9.80 Å². The van der Waals surface area contributed by atoms with Crippen molar-refractivity contribution < 1.29 is 19.1 Å². The Morgan fingerprint density at radius 2 is 1.89 bits per heavy atom.